The predicted molar refractivity (Wildman–Crippen MR) is 377 cm³/mol. The number of phosphoric ester groups is 2. The molecular weight excluding hydrogens is 1220 g/mol. The van der Waals surface area contributed by atoms with Gasteiger partial charge in [-0.2, -0.15) is 0 Å². The van der Waals surface area contributed by atoms with Crippen molar-refractivity contribution >= 4 is 39.5 Å². The maximum absolute atomic E-state index is 13.1. The Hall–Kier alpha value is -1.94. The highest BCUT2D eigenvalue weighted by Crippen LogP contribution is 2.45. The van der Waals surface area contributed by atoms with Gasteiger partial charge in [0, 0.05) is 25.7 Å². The fraction of sp³-hybridized carbons (Fsp3) is 0.946. The van der Waals surface area contributed by atoms with Crippen LogP contribution in [0.25, 0.3) is 0 Å². The van der Waals surface area contributed by atoms with Gasteiger partial charge in [-0.25, -0.2) is 9.13 Å². The molecule has 3 N–H and O–H groups in total. The lowest BCUT2D eigenvalue weighted by molar-refractivity contribution is -0.161. The topological polar surface area (TPSA) is 237 Å². The van der Waals surface area contributed by atoms with Crippen LogP contribution in [0.15, 0.2) is 0 Å². The molecule has 0 spiro atoms. The van der Waals surface area contributed by atoms with E-state index in [9.17, 15) is 43.2 Å². The van der Waals surface area contributed by atoms with Gasteiger partial charge < -0.3 is 33.8 Å². The van der Waals surface area contributed by atoms with Gasteiger partial charge in [-0.1, -0.05) is 319 Å². The molecule has 0 aliphatic rings. The molecule has 0 aliphatic carbocycles. The zero-order chi connectivity index (χ0) is 68.9. The van der Waals surface area contributed by atoms with Crippen LogP contribution in [0.3, 0.4) is 0 Å². The molecule has 0 heterocycles. The zero-order valence-corrected chi connectivity index (χ0v) is 62.7. The van der Waals surface area contributed by atoms with Crippen LogP contribution in [0.4, 0.5) is 0 Å². The second-order valence-electron chi connectivity index (χ2n) is 28.1. The van der Waals surface area contributed by atoms with Crippen LogP contribution in [0.2, 0.25) is 0 Å². The summed E-state index contributed by atoms with van der Waals surface area (Å²) in [4.78, 5) is 72.7. The Labute approximate surface area is 568 Å². The zero-order valence-electron chi connectivity index (χ0n) is 60.9. The molecule has 0 aromatic heterocycles. The molecule has 0 amide bonds. The standard InChI is InChI=1S/C74H144O17P2/c1-9-66(7)52-44-36-28-20-17-18-22-31-40-48-56-73(78)90-70(61-85-72(77)55-47-39-33-25-27-35-43-51-65(5)6)63-89-93(82,83)87-59-68(75)58-86-92(80,81)88-62-69(91-74(79)57-49-41-32-24-23-29-37-45-53-67(8)10-2)60-84-71(76)54-46-38-30-21-16-14-12-11-13-15-19-26-34-42-50-64(3)4/h64-70,75H,9-63H2,1-8H3,(H,80,81)(H,82,83)/t66?,67?,68?,69-,70-/m1/s1. The summed E-state index contributed by atoms with van der Waals surface area (Å²) in [7, 11) is -9.91. The van der Waals surface area contributed by atoms with Crippen molar-refractivity contribution in [3.05, 3.63) is 0 Å². The lowest BCUT2D eigenvalue weighted by atomic mass is 9.99. The van der Waals surface area contributed by atoms with Crippen molar-refractivity contribution < 1.29 is 80.2 Å². The molecule has 552 valence electrons. The molecule has 5 unspecified atom stereocenters. The van der Waals surface area contributed by atoms with E-state index in [-0.39, 0.29) is 25.7 Å². The molecule has 0 saturated carbocycles. The van der Waals surface area contributed by atoms with E-state index in [0.717, 1.165) is 114 Å². The maximum Gasteiger partial charge on any atom is 0.472 e. The Kier molecular flexibility index (Phi) is 62.2. The summed E-state index contributed by atoms with van der Waals surface area (Å²) in [6.45, 7) is 14.2. The van der Waals surface area contributed by atoms with Crippen molar-refractivity contribution in [1.29, 1.82) is 0 Å². The van der Waals surface area contributed by atoms with Crippen molar-refractivity contribution in [1.82, 2.24) is 0 Å². The van der Waals surface area contributed by atoms with Gasteiger partial charge in [0.05, 0.1) is 26.4 Å². The van der Waals surface area contributed by atoms with Crippen LogP contribution in [0, 0.1) is 23.7 Å². The van der Waals surface area contributed by atoms with Crippen molar-refractivity contribution in [3.63, 3.8) is 0 Å². The number of unbranched alkanes of at least 4 members (excludes halogenated alkanes) is 35. The van der Waals surface area contributed by atoms with Crippen molar-refractivity contribution in [3.8, 4) is 0 Å². The SMILES string of the molecule is CCC(C)CCCCCCCCCCCCC(=O)O[C@H](COC(=O)CCCCCCCCCC(C)C)COP(=O)(O)OCC(O)COP(=O)(O)OC[C@@H](COC(=O)CCCCCCCCCCCCCCCCC(C)C)OC(=O)CCCCCCCCCCC(C)CC. The van der Waals surface area contributed by atoms with Gasteiger partial charge >= 0.3 is 39.5 Å². The number of carbonyl (C=O) groups is 4. The quantitative estimate of drug-likeness (QED) is 0.0222. The first kappa shape index (κ1) is 91.1. The van der Waals surface area contributed by atoms with Gasteiger partial charge in [0.2, 0.25) is 0 Å². The molecule has 7 atom stereocenters. The summed E-state index contributed by atoms with van der Waals surface area (Å²) >= 11 is 0. The number of ether oxygens (including phenoxy) is 4. The lowest BCUT2D eigenvalue weighted by Gasteiger charge is -2.21. The van der Waals surface area contributed by atoms with Crippen molar-refractivity contribution in [2.45, 2.75) is 388 Å². The van der Waals surface area contributed by atoms with Gasteiger partial charge in [-0.05, 0) is 49.4 Å². The highest BCUT2D eigenvalue weighted by atomic mass is 31.2. The second kappa shape index (κ2) is 63.5. The minimum atomic E-state index is -4.96. The van der Waals surface area contributed by atoms with Gasteiger partial charge in [0.25, 0.3) is 0 Å². The molecule has 0 aromatic rings. The third-order valence-corrected chi connectivity index (χ3v) is 19.7. The average molecular weight is 1370 g/mol. The van der Waals surface area contributed by atoms with Crippen LogP contribution < -0.4 is 0 Å². The number of aliphatic hydroxyl groups excluding tert-OH is 1. The van der Waals surface area contributed by atoms with Crippen LogP contribution in [-0.4, -0.2) is 96.7 Å². The molecule has 19 heteroatoms. The lowest BCUT2D eigenvalue weighted by Crippen LogP contribution is -2.30. The van der Waals surface area contributed by atoms with Gasteiger partial charge in [0.1, 0.15) is 19.3 Å². The van der Waals surface area contributed by atoms with E-state index >= 15 is 0 Å². The first-order valence-electron chi connectivity index (χ1n) is 38.3. The summed E-state index contributed by atoms with van der Waals surface area (Å²) < 4.78 is 68.4. The summed E-state index contributed by atoms with van der Waals surface area (Å²) in [6, 6.07) is 0. The Balaban J connectivity index is 5.24. The molecule has 0 saturated heterocycles. The molecule has 93 heavy (non-hydrogen) atoms. The number of aliphatic hydroxyl groups is 1. The maximum atomic E-state index is 13.1. The third-order valence-electron chi connectivity index (χ3n) is 17.8. The van der Waals surface area contributed by atoms with Crippen LogP contribution in [-0.2, 0) is 65.4 Å². The smallest absolute Gasteiger partial charge is 0.462 e. The van der Waals surface area contributed by atoms with E-state index in [1.54, 1.807) is 0 Å². The van der Waals surface area contributed by atoms with Crippen molar-refractivity contribution in [2.75, 3.05) is 39.6 Å². The highest BCUT2D eigenvalue weighted by Gasteiger charge is 2.30. The molecule has 0 bridgehead atoms. The number of esters is 4. The fourth-order valence-corrected chi connectivity index (χ4v) is 12.7. The minimum Gasteiger partial charge on any atom is -0.462 e. The van der Waals surface area contributed by atoms with E-state index in [1.165, 1.54) is 167 Å². The predicted octanol–water partition coefficient (Wildman–Crippen LogP) is 21.3. The number of hydrogen-bond donors (Lipinski definition) is 3. The van der Waals surface area contributed by atoms with Crippen LogP contribution >= 0.6 is 15.6 Å². The van der Waals surface area contributed by atoms with E-state index < -0.39 is 97.5 Å². The molecular formula is C74H144O17P2. The minimum absolute atomic E-state index is 0.105. The Bertz CT molecular complexity index is 1840. The summed E-state index contributed by atoms with van der Waals surface area (Å²) in [6.07, 6.45) is 47.1. The van der Waals surface area contributed by atoms with E-state index in [2.05, 4.69) is 55.4 Å². The normalized spacial score (nSPS) is 14.8. The largest absolute Gasteiger partial charge is 0.472 e. The Morgan fingerprint density at radius 2 is 0.516 bits per heavy atom. The molecule has 17 nitrogen and oxygen atoms in total. The van der Waals surface area contributed by atoms with E-state index in [1.807, 2.05) is 0 Å². The van der Waals surface area contributed by atoms with Crippen molar-refractivity contribution in [2.24, 2.45) is 23.7 Å². The van der Waals surface area contributed by atoms with Gasteiger partial charge in [-0.15, -0.1) is 0 Å². The van der Waals surface area contributed by atoms with E-state index in [0.29, 0.717) is 31.6 Å². The molecule has 0 aromatic carbocycles. The van der Waals surface area contributed by atoms with Gasteiger partial charge in [0.15, 0.2) is 12.2 Å². The number of rotatable bonds is 71. The highest BCUT2D eigenvalue weighted by molar-refractivity contribution is 7.47. The number of phosphoric acid groups is 2. The Morgan fingerprint density at radius 3 is 0.763 bits per heavy atom. The fourth-order valence-electron chi connectivity index (χ4n) is 11.1. The molecule has 0 fully saturated rings. The molecule has 0 rings (SSSR count). The third kappa shape index (κ3) is 65.8. The summed E-state index contributed by atoms with van der Waals surface area (Å²) in [5.74, 6) is 0.951. The first-order valence-corrected chi connectivity index (χ1v) is 41.3. The second-order valence-corrected chi connectivity index (χ2v) is 31.0. The van der Waals surface area contributed by atoms with Crippen LogP contribution in [0.1, 0.15) is 370 Å². The number of carbonyl (C=O) groups excluding carboxylic acids is 4. The number of hydrogen-bond acceptors (Lipinski definition) is 15. The molecule has 0 radical (unpaired) electrons. The van der Waals surface area contributed by atoms with Crippen LogP contribution in [0.5, 0.6) is 0 Å². The summed E-state index contributed by atoms with van der Waals surface area (Å²) in [5, 5.41) is 10.6. The average Bonchev–Trinajstić information content (AvgIpc) is 3.57. The molecule has 0 aliphatic heterocycles. The monoisotopic (exact) mass is 1370 g/mol. The van der Waals surface area contributed by atoms with Gasteiger partial charge in [-0.3, -0.25) is 37.3 Å². The first-order chi connectivity index (χ1) is 44.7. The van der Waals surface area contributed by atoms with E-state index in [4.69, 9.17) is 37.0 Å². The Morgan fingerprint density at radius 1 is 0.301 bits per heavy atom. The summed E-state index contributed by atoms with van der Waals surface area (Å²) in [5.41, 5.74) is 0.